The Bertz CT molecular complexity index is 675. The summed E-state index contributed by atoms with van der Waals surface area (Å²) in [6.45, 7) is 0.438. The molecule has 2 rings (SSSR count). The number of nitriles is 1. The van der Waals surface area contributed by atoms with Crippen LogP contribution in [0.3, 0.4) is 0 Å². The predicted octanol–water partition coefficient (Wildman–Crippen LogP) is 4.26. The fraction of sp³-hybridized carbons (Fsp3) is 0.118. The van der Waals surface area contributed by atoms with Crippen molar-refractivity contribution in [3.8, 4) is 17.6 Å². The van der Waals surface area contributed by atoms with Gasteiger partial charge < -0.3 is 9.47 Å². The van der Waals surface area contributed by atoms with Crippen LogP contribution in [0.5, 0.6) is 11.5 Å². The Balaban J connectivity index is 2.07. The van der Waals surface area contributed by atoms with Crippen molar-refractivity contribution in [2.75, 3.05) is 13.7 Å². The molecule has 3 nitrogen and oxygen atoms in total. The van der Waals surface area contributed by atoms with E-state index in [-0.39, 0.29) is 0 Å². The molecule has 0 N–H and O–H groups in total. The maximum Gasteiger partial charge on any atom is 0.175 e. The number of rotatable bonds is 5. The van der Waals surface area contributed by atoms with Crippen LogP contribution >= 0.6 is 22.6 Å². The Morgan fingerprint density at radius 3 is 2.67 bits per heavy atom. The van der Waals surface area contributed by atoms with Gasteiger partial charge in [-0.3, -0.25) is 0 Å². The highest BCUT2D eigenvalue weighted by molar-refractivity contribution is 14.1. The summed E-state index contributed by atoms with van der Waals surface area (Å²) in [7, 11) is 1.57. The van der Waals surface area contributed by atoms with Gasteiger partial charge >= 0.3 is 0 Å². The monoisotopic (exact) mass is 391 g/mol. The van der Waals surface area contributed by atoms with E-state index < -0.39 is 0 Å². The van der Waals surface area contributed by atoms with Crippen molar-refractivity contribution in [2.24, 2.45) is 0 Å². The molecule has 0 spiro atoms. The van der Waals surface area contributed by atoms with Crippen molar-refractivity contribution in [3.63, 3.8) is 0 Å². The van der Waals surface area contributed by atoms with Crippen LogP contribution in [0.2, 0.25) is 0 Å². The summed E-state index contributed by atoms with van der Waals surface area (Å²) < 4.78 is 11.9. The molecule has 0 unspecified atom stereocenters. The lowest BCUT2D eigenvalue weighted by molar-refractivity contribution is 0.324. The molecule has 0 saturated carbocycles. The van der Waals surface area contributed by atoms with Crippen LogP contribution in [-0.4, -0.2) is 13.7 Å². The van der Waals surface area contributed by atoms with Gasteiger partial charge in [0.15, 0.2) is 11.5 Å². The van der Waals surface area contributed by atoms with Crippen molar-refractivity contribution >= 4 is 28.7 Å². The van der Waals surface area contributed by atoms with Gasteiger partial charge in [0.2, 0.25) is 0 Å². The van der Waals surface area contributed by atoms with E-state index in [0.717, 1.165) is 9.13 Å². The number of halogens is 1. The quantitative estimate of drug-likeness (QED) is 0.716. The lowest BCUT2D eigenvalue weighted by Crippen LogP contribution is -1.99. The second-order valence-electron chi connectivity index (χ2n) is 4.23. The van der Waals surface area contributed by atoms with Gasteiger partial charge in [-0.1, -0.05) is 36.4 Å². The molecule has 0 fully saturated rings. The van der Waals surface area contributed by atoms with Gasteiger partial charge in [0.1, 0.15) is 6.61 Å². The van der Waals surface area contributed by atoms with E-state index in [2.05, 4.69) is 28.7 Å². The molecular formula is C17H14INO2. The van der Waals surface area contributed by atoms with Gasteiger partial charge in [-0.25, -0.2) is 0 Å². The average molecular weight is 391 g/mol. The number of hydrogen-bond donors (Lipinski definition) is 0. The van der Waals surface area contributed by atoms with E-state index in [1.54, 1.807) is 19.2 Å². The number of methoxy groups -OCH3 is 1. The van der Waals surface area contributed by atoms with Gasteiger partial charge in [-0.15, -0.1) is 0 Å². The second kappa shape index (κ2) is 7.70. The minimum Gasteiger partial charge on any atom is -0.493 e. The zero-order chi connectivity index (χ0) is 15.1. The normalized spacial score (nSPS) is 10.3. The minimum atomic E-state index is 0.438. The molecule has 0 aliphatic carbocycles. The molecule has 106 valence electrons. The van der Waals surface area contributed by atoms with Crippen molar-refractivity contribution in [3.05, 3.63) is 63.2 Å². The van der Waals surface area contributed by atoms with E-state index in [1.807, 2.05) is 42.5 Å². The van der Waals surface area contributed by atoms with Crippen LogP contribution in [0, 0.1) is 14.9 Å². The van der Waals surface area contributed by atoms with E-state index >= 15 is 0 Å². The lowest BCUT2D eigenvalue weighted by atomic mass is 10.2. The Morgan fingerprint density at radius 2 is 2.00 bits per heavy atom. The zero-order valence-corrected chi connectivity index (χ0v) is 13.7. The first-order valence-corrected chi connectivity index (χ1v) is 7.44. The van der Waals surface area contributed by atoms with Crippen LogP contribution in [0.25, 0.3) is 6.08 Å². The van der Waals surface area contributed by atoms with E-state index in [9.17, 15) is 0 Å². The molecular weight excluding hydrogens is 377 g/mol. The molecule has 21 heavy (non-hydrogen) atoms. The third-order valence-electron chi connectivity index (χ3n) is 2.79. The van der Waals surface area contributed by atoms with Crippen LogP contribution in [-0.2, 0) is 0 Å². The fourth-order valence-electron chi connectivity index (χ4n) is 1.80. The molecule has 0 amide bonds. The summed E-state index contributed by atoms with van der Waals surface area (Å²) in [5, 5.41) is 8.95. The summed E-state index contributed by atoms with van der Waals surface area (Å²) >= 11 is 2.14. The third-order valence-corrected chi connectivity index (χ3v) is 3.59. The summed E-state index contributed by atoms with van der Waals surface area (Å²) in [5.41, 5.74) is 1.69. The number of benzene rings is 2. The standard InChI is InChI=1S/C17H14INO2/c1-20-16-11-14(12-19)10-15(18)17(16)21-9-5-8-13-6-3-2-4-7-13/h2-8,10-11H,9H2,1H3. The molecule has 0 bridgehead atoms. The van der Waals surface area contributed by atoms with Gasteiger partial charge in [-0.05, 0) is 40.3 Å². The van der Waals surface area contributed by atoms with Crippen LogP contribution < -0.4 is 9.47 Å². The van der Waals surface area contributed by atoms with Crippen molar-refractivity contribution in [1.82, 2.24) is 0 Å². The Labute approximate surface area is 138 Å². The number of hydrogen-bond acceptors (Lipinski definition) is 3. The highest BCUT2D eigenvalue weighted by Gasteiger charge is 2.10. The topological polar surface area (TPSA) is 42.2 Å². The SMILES string of the molecule is COc1cc(C#N)cc(I)c1OCC=Cc1ccccc1. The molecule has 0 saturated heterocycles. The summed E-state index contributed by atoms with van der Waals surface area (Å²) in [5.74, 6) is 1.24. The summed E-state index contributed by atoms with van der Waals surface area (Å²) in [6, 6.07) is 15.6. The highest BCUT2D eigenvalue weighted by Crippen LogP contribution is 2.33. The van der Waals surface area contributed by atoms with Crippen molar-refractivity contribution in [1.29, 1.82) is 5.26 Å². The maximum atomic E-state index is 8.95. The zero-order valence-electron chi connectivity index (χ0n) is 11.5. The van der Waals surface area contributed by atoms with Crippen LogP contribution in [0.4, 0.5) is 0 Å². The first-order valence-electron chi connectivity index (χ1n) is 6.36. The molecule has 0 atom stereocenters. The van der Waals surface area contributed by atoms with E-state index in [0.29, 0.717) is 23.7 Å². The minimum absolute atomic E-state index is 0.438. The molecule has 2 aromatic carbocycles. The highest BCUT2D eigenvalue weighted by atomic mass is 127. The van der Waals surface area contributed by atoms with Crippen LogP contribution in [0.15, 0.2) is 48.5 Å². The number of ether oxygens (including phenoxy) is 2. The first-order chi connectivity index (χ1) is 10.2. The Kier molecular flexibility index (Phi) is 5.64. The Hall–Kier alpha value is -2.00. The maximum absolute atomic E-state index is 8.95. The second-order valence-corrected chi connectivity index (χ2v) is 5.39. The van der Waals surface area contributed by atoms with Crippen molar-refractivity contribution < 1.29 is 9.47 Å². The van der Waals surface area contributed by atoms with E-state index in [1.165, 1.54) is 0 Å². The van der Waals surface area contributed by atoms with Gasteiger partial charge in [0, 0.05) is 6.07 Å². The molecule has 0 aromatic heterocycles. The predicted molar refractivity (Wildman–Crippen MR) is 91.4 cm³/mol. The van der Waals surface area contributed by atoms with Gasteiger partial charge in [0.05, 0.1) is 22.3 Å². The van der Waals surface area contributed by atoms with Crippen molar-refractivity contribution in [2.45, 2.75) is 0 Å². The fourth-order valence-corrected chi connectivity index (χ4v) is 2.56. The van der Waals surface area contributed by atoms with E-state index in [4.69, 9.17) is 14.7 Å². The molecule has 2 aromatic rings. The summed E-state index contributed by atoms with van der Waals surface area (Å²) in [6.07, 6.45) is 3.95. The Morgan fingerprint density at radius 1 is 1.24 bits per heavy atom. The third kappa shape index (κ3) is 4.23. The molecule has 0 aliphatic rings. The lowest BCUT2D eigenvalue weighted by Gasteiger charge is -2.11. The number of nitrogens with zero attached hydrogens (tertiary/aromatic N) is 1. The van der Waals surface area contributed by atoms with Gasteiger partial charge in [-0.2, -0.15) is 5.26 Å². The molecule has 4 heteroatoms. The average Bonchev–Trinajstić information content (AvgIpc) is 2.53. The molecule has 0 heterocycles. The molecule has 0 radical (unpaired) electrons. The largest absolute Gasteiger partial charge is 0.493 e. The van der Waals surface area contributed by atoms with Gasteiger partial charge in [0.25, 0.3) is 0 Å². The first kappa shape index (κ1) is 15.4. The smallest absolute Gasteiger partial charge is 0.175 e. The van der Waals surface area contributed by atoms with Crippen LogP contribution in [0.1, 0.15) is 11.1 Å². The molecule has 0 aliphatic heterocycles. The summed E-state index contributed by atoms with van der Waals surface area (Å²) in [4.78, 5) is 0.